The van der Waals surface area contributed by atoms with E-state index in [1.807, 2.05) is 31.2 Å². The Bertz CT molecular complexity index is 945. The fraction of sp³-hybridized carbons (Fsp3) is 0.435. The summed E-state index contributed by atoms with van der Waals surface area (Å²) in [5.74, 6) is 1.04. The third-order valence-corrected chi connectivity index (χ3v) is 5.99. The zero-order valence-corrected chi connectivity index (χ0v) is 19.4. The van der Waals surface area contributed by atoms with Crippen molar-refractivity contribution in [2.45, 2.75) is 39.2 Å². The lowest BCUT2D eigenvalue weighted by atomic mass is 10.1. The van der Waals surface area contributed by atoms with Gasteiger partial charge in [-0.1, -0.05) is 25.1 Å². The van der Waals surface area contributed by atoms with Crippen molar-refractivity contribution in [2.75, 3.05) is 30.8 Å². The number of anilines is 1. The van der Waals surface area contributed by atoms with Crippen LogP contribution in [0.15, 0.2) is 48.5 Å². The molecular weight excluding hydrogens is 416 g/mol. The van der Waals surface area contributed by atoms with Crippen molar-refractivity contribution in [2.24, 2.45) is 0 Å². The number of nitrogens with zero attached hydrogens (tertiary/aromatic N) is 1. The first-order valence-electron chi connectivity index (χ1n) is 10.4. The second kappa shape index (κ2) is 11.6. The van der Waals surface area contributed by atoms with Crippen molar-refractivity contribution in [1.82, 2.24) is 5.32 Å². The molecule has 170 valence electrons. The van der Waals surface area contributed by atoms with Gasteiger partial charge in [-0.05, 0) is 56.0 Å². The zero-order chi connectivity index (χ0) is 22.9. The lowest BCUT2D eigenvalue weighted by Gasteiger charge is -2.30. The monoisotopic (exact) mass is 448 g/mol. The maximum absolute atomic E-state index is 12.9. The smallest absolute Gasteiger partial charge is 0.243 e. The molecule has 2 rings (SSSR count). The van der Waals surface area contributed by atoms with Crippen LogP contribution in [0, 0.1) is 0 Å². The van der Waals surface area contributed by atoms with Crippen LogP contribution in [0.3, 0.4) is 0 Å². The summed E-state index contributed by atoms with van der Waals surface area (Å²) in [4.78, 5) is 12.9. The van der Waals surface area contributed by atoms with Gasteiger partial charge in [0.1, 0.15) is 17.5 Å². The zero-order valence-electron chi connectivity index (χ0n) is 18.6. The number of hydrogen-bond acceptors (Lipinski definition) is 5. The third kappa shape index (κ3) is 7.17. The molecule has 0 aliphatic carbocycles. The number of benzene rings is 2. The summed E-state index contributed by atoms with van der Waals surface area (Å²) in [7, 11) is -2.16. The van der Waals surface area contributed by atoms with Gasteiger partial charge in [0.05, 0.1) is 25.7 Å². The molecule has 0 heterocycles. The van der Waals surface area contributed by atoms with Crippen LogP contribution in [0.1, 0.15) is 32.3 Å². The van der Waals surface area contributed by atoms with Crippen LogP contribution in [-0.2, 0) is 21.2 Å². The number of amides is 1. The predicted molar refractivity (Wildman–Crippen MR) is 123 cm³/mol. The minimum atomic E-state index is -3.68. The van der Waals surface area contributed by atoms with E-state index < -0.39 is 16.1 Å². The first-order chi connectivity index (χ1) is 14.8. The number of ether oxygens (including phenoxy) is 2. The maximum atomic E-state index is 12.9. The number of aryl methyl sites for hydroxylation is 1. The van der Waals surface area contributed by atoms with Crippen LogP contribution in [0.25, 0.3) is 0 Å². The third-order valence-electron chi connectivity index (χ3n) is 4.81. The number of sulfonamides is 1. The van der Waals surface area contributed by atoms with Crippen molar-refractivity contribution < 1.29 is 22.7 Å². The van der Waals surface area contributed by atoms with Gasteiger partial charge >= 0.3 is 0 Å². The van der Waals surface area contributed by atoms with Crippen molar-refractivity contribution in [3.63, 3.8) is 0 Å². The minimum Gasteiger partial charge on any atom is -0.497 e. The molecule has 31 heavy (non-hydrogen) atoms. The summed E-state index contributed by atoms with van der Waals surface area (Å²) in [6.07, 6.45) is 2.99. The molecule has 2 aromatic carbocycles. The van der Waals surface area contributed by atoms with E-state index in [9.17, 15) is 13.2 Å². The molecule has 0 saturated heterocycles. The summed E-state index contributed by atoms with van der Waals surface area (Å²) in [5, 5.41) is 2.89. The second-order valence-electron chi connectivity index (χ2n) is 7.16. The molecule has 0 bridgehead atoms. The molecular formula is C23H32N2O5S. The van der Waals surface area contributed by atoms with Crippen LogP contribution in [0.5, 0.6) is 11.5 Å². The highest BCUT2D eigenvalue weighted by Gasteiger charge is 2.31. The van der Waals surface area contributed by atoms with Crippen LogP contribution >= 0.6 is 0 Å². The molecule has 2 aromatic rings. The Hall–Kier alpha value is -2.74. The molecule has 0 radical (unpaired) electrons. The topological polar surface area (TPSA) is 84.9 Å². The molecule has 1 atom stereocenters. The summed E-state index contributed by atoms with van der Waals surface area (Å²) < 4.78 is 36.8. The van der Waals surface area contributed by atoms with Gasteiger partial charge in [0.15, 0.2) is 0 Å². The Morgan fingerprint density at radius 1 is 1.10 bits per heavy atom. The van der Waals surface area contributed by atoms with E-state index >= 15 is 0 Å². The van der Waals surface area contributed by atoms with Crippen LogP contribution in [0.2, 0.25) is 0 Å². The second-order valence-corrected chi connectivity index (χ2v) is 9.02. The molecule has 0 fully saturated rings. The van der Waals surface area contributed by atoms with E-state index in [-0.39, 0.29) is 5.91 Å². The number of carbonyl (C=O) groups is 1. The van der Waals surface area contributed by atoms with Crippen molar-refractivity contribution in [3.8, 4) is 11.5 Å². The average Bonchev–Trinajstić information content (AvgIpc) is 2.75. The Kier molecular flexibility index (Phi) is 9.18. The fourth-order valence-electron chi connectivity index (χ4n) is 3.35. The minimum absolute atomic E-state index is 0.317. The lowest BCUT2D eigenvalue weighted by molar-refractivity contribution is -0.122. The van der Waals surface area contributed by atoms with Gasteiger partial charge in [-0.15, -0.1) is 0 Å². The summed E-state index contributed by atoms with van der Waals surface area (Å²) in [6.45, 7) is 4.82. The van der Waals surface area contributed by atoms with E-state index in [2.05, 4.69) is 5.32 Å². The van der Waals surface area contributed by atoms with Crippen molar-refractivity contribution in [3.05, 3.63) is 54.1 Å². The Morgan fingerprint density at radius 2 is 1.81 bits per heavy atom. The molecule has 0 unspecified atom stereocenters. The summed E-state index contributed by atoms with van der Waals surface area (Å²) >= 11 is 0. The summed E-state index contributed by atoms with van der Waals surface area (Å²) in [6, 6.07) is 13.7. The quantitative estimate of drug-likeness (QED) is 0.503. The van der Waals surface area contributed by atoms with Crippen LogP contribution in [-0.4, -0.2) is 46.9 Å². The average molecular weight is 449 g/mol. The Morgan fingerprint density at radius 3 is 2.39 bits per heavy atom. The molecule has 1 amide bonds. The number of hydrogen-bond donors (Lipinski definition) is 1. The maximum Gasteiger partial charge on any atom is 0.243 e. The van der Waals surface area contributed by atoms with E-state index in [0.29, 0.717) is 31.0 Å². The molecule has 8 heteroatoms. The first-order valence-corrected chi connectivity index (χ1v) is 12.3. The number of rotatable bonds is 12. The molecule has 1 N–H and O–H groups in total. The number of nitrogens with one attached hydrogen (secondary N) is 1. The van der Waals surface area contributed by atoms with E-state index in [4.69, 9.17) is 9.47 Å². The van der Waals surface area contributed by atoms with Crippen molar-refractivity contribution >= 4 is 21.6 Å². The normalized spacial score (nSPS) is 12.1. The van der Waals surface area contributed by atoms with E-state index in [1.54, 1.807) is 31.2 Å². The van der Waals surface area contributed by atoms with Gasteiger partial charge in [0.2, 0.25) is 15.9 Å². The highest BCUT2D eigenvalue weighted by atomic mass is 32.2. The predicted octanol–water partition coefficient (Wildman–Crippen LogP) is 3.39. The van der Waals surface area contributed by atoms with Gasteiger partial charge in [0.25, 0.3) is 0 Å². The first kappa shape index (κ1) is 24.5. The largest absolute Gasteiger partial charge is 0.497 e. The molecule has 7 nitrogen and oxygen atoms in total. The van der Waals surface area contributed by atoms with Gasteiger partial charge in [0, 0.05) is 12.6 Å². The summed E-state index contributed by atoms with van der Waals surface area (Å²) in [5.41, 5.74) is 1.55. The molecule has 0 saturated carbocycles. The number of methoxy groups -OCH3 is 1. The fourth-order valence-corrected chi connectivity index (χ4v) is 4.55. The number of carbonyl (C=O) groups excluding carboxylic acids is 1. The van der Waals surface area contributed by atoms with Gasteiger partial charge < -0.3 is 14.8 Å². The molecule has 0 aromatic heterocycles. The highest BCUT2D eigenvalue weighted by molar-refractivity contribution is 7.92. The lowest BCUT2D eigenvalue weighted by Crippen LogP contribution is -2.49. The van der Waals surface area contributed by atoms with Crippen LogP contribution in [0.4, 0.5) is 5.69 Å². The molecule has 0 spiro atoms. The Balaban J connectivity index is 2.01. The Labute approximate surface area is 185 Å². The van der Waals surface area contributed by atoms with E-state index in [1.165, 1.54) is 7.11 Å². The standard InChI is InChI=1S/C23H32N2O5S/c1-5-22(25(31(4,27)28)19-10-7-11-21(17-19)29-3)23(26)24-16-8-9-18-12-14-20(15-13-18)30-6-2/h7,10-15,17,22H,5-6,8-9,16H2,1-4H3,(H,24,26)/t22-/m1/s1. The van der Waals surface area contributed by atoms with Crippen molar-refractivity contribution in [1.29, 1.82) is 0 Å². The SMILES string of the molecule is CCOc1ccc(CCCNC(=O)[C@@H](CC)N(c2cccc(OC)c2)S(C)(=O)=O)cc1. The van der Waals surface area contributed by atoms with Gasteiger partial charge in [-0.3, -0.25) is 9.10 Å². The molecule has 0 aliphatic rings. The van der Waals surface area contributed by atoms with E-state index in [0.717, 1.165) is 34.7 Å². The molecule has 0 aliphatic heterocycles. The highest BCUT2D eigenvalue weighted by Crippen LogP contribution is 2.26. The van der Waals surface area contributed by atoms with Gasteiger partial charge in [-0.25, -0.2) is 8.42 Å². The van der Waals surface area contributed by atoms with Gasteiger partial charge in [-0.2, -0.15) is 0 Å². The van der Waals surface area contributed by atoms with Crippen LogP contribution < -0.4 is 19.1 Å².